The van der Waals surface area contributed by atoms with Crippen LogP contribution in [-0.4, -0.2) is 37.6 Å². The fourth-order valence-electron chi connectivity index (χ4n) is 2.40. The Balaban J connectivity index is 1.79. The second kappa shape index (κ2) is 4.43. The monoisotopic (exact) mass is 182 g/mol. The molecule has 1 aliphatic heterocycles. The lowest BCUT2D eigenvalue weighted by Crippen LogP contribution is -2.45. The van der Waals surface area contributed by atoms with Gasteiger partial charge in [-0.25, -0.2) is 0 Å². The number of nitrogens with one attached hydrogen (secondary N) is 1. The van der Waals surface area contributed by atoms with Crippen LogP contribution in [0.25, 0.3) is 0 Å². The van der Waals surface area contributed by atoms with E-state index in [4.69, 9.17) is 0 Å². The van der Waals surface area contributed by atoms with Crippen LogP contribution in [-0.2, 0) is 0 Å². The molecule has 13 heavy (non-hydrogen) atoms. The largest absolute Gasteiger partial charge is 0.318 e. The van der Waals surface area contributed by atoms with Gasteiger partial charge in [0, 0.05) is 19.1 Å². The Morgan fingerprint density at radius 2 is 2.08 bits per heavy atom. The molecule has 2 heteroatoms. The first-order valence-electron chi connectivity index (χ1n) is 5.79. The van der Waals surface area contributed by atoms with Crippen molar-refractivity contribution >= 4 is 0 Å². The first kappa shape index (κ1) is 9.47. The van der Waals surface area contributed by atoms with Crippen LogP contribution in [0.5, 0.6) is 0 Å². The highest BCUT2D eigenvalue weighted by Gasteiger charge is 2.29. The van der Waals surface area contributed by atoms with E-state index in [1.807, 2.05) is 0 Å². The summed E-state index contributed by atoms with van der Waals surface area (Å²) in [5.41, 5.74) is 0. The van der Waals surface area contributed by atoms with E-state index in [1.54, 1.807) is 0 Å². The van der Waals surface area contributed by atoms with E-state index in [1.165, 1.54) is 51.7 Å². The smallest absolute Gasteiger partial charge is 0.0220 e. The molecule has 2 nitrogen and oxygen atoms in total. The third-order valence-corrected chi connectivity index (χ3v) is 3.38. The molecule has 2 rings (SSSR count). The van der Waals surface area contributed by atoms with Crippen molar-refractivity contribution in [2.24, 2.45) is 5.92 Å². The number of likely N-dealkylation sites (N-methyl/N-ethyl adjacent to an activating group) is 1. The highest BCUT2D eigenvalue weighted by Crippen LogP contribution is 2.31. The summed E-state index contributed by atoms with van der Waals surface area (Å²) < 4.78 is 0. The van der Waals surface area contributed by atoms with Gasteiger partial charge in [-0.3, -0.25) is 4.90 Å². The first-order valence-corrected chi connectivity index (χ1v) is 5.79. The van der Waals surface area contributed by atoms with Crippen LogP contribution in [0.4, 0.5) is 0 Å². The van der Waals surface area contributed by atoms with E-state index in [-0.39, 0.29) is 0 Å². The summed E-state index contributed by atoms with van der Waals surface area (Å²) in [7, 11) is 2.07. The molecule has 0 bridgehead atoms. The van der Waals surface area contributed by atoms with Gasteiger partial charge in [0.25, 0.3) is 0 Å². The number of nitrogens with zero attached hydrogens (tertiary/aromatic N) is 1. The molecule has 0 aromatic rings. The van der Waals surface area contributed by atoms with Crippen molar-refractivity contribution in [2.75, 3.05) is 26.7 Å². The molecule has 1 aliphatic carbocycles. The molecule has 1 heterocycles. The Morgan fingerprint density at radius 1 is 1.23 bits per heavy atom. The minimum absolute atomic E-state index is 0.833. The molecule has 0 amide bonds. The van der Waals surface area contributed by atoms with Crippen LogP contribution in [0.15, 0.2) is 0 Å². The lowest BCUT2D eigenvalue weighted by atomic mass is 10.0. The number of likely N-dealkylation sites (tertiary alicyclic amines) is 1. The van der Waals surface area contributed by atoms with Crippen molar-refractivity contribution in [3.05, 3.63) is 0 Å². The van der Waals surface area contributed by atoms with Gasteiger partial charge in [0.05, 0.1) is 0 Å². The Bertz CT molecular complexity index is 152. The standard InChI is InChI=1S/C11H22N2/c1-12-8-11-4-2-3-7-13(11)9-10-5-6-10/h10-12H,2-9H2,1H3/t11-/m0/s1. The summed E-state index contributed by atoms with van der Waals surface area (Å²) in [5, 5.41) is 3.32. The summed E-state index contributed by atoms with van der Waals surface area (Å²) in [6.07, 6.45) is 7.25. The van der Waals surface area contributed by atoms with Gasteiger partial charge in [0.15, 0.2) is 0 Å². The van der Waals surface area contributed by atoms with Gasteiger partial charge >= 0.3 is 0 Å². The van der Waals surface area contributed by atoms with E-state index < -0.39 is 0 Å². The van der Waals surface area contributed by atoms with E-state index in [2.05, 4.69) is 17.3 Å². The van der Waals surface area contributed by atoms with E-state index in [0.29, 0.717) is 0 Å². The van der Waals surface area contributed by atoms with E-state index in [9.17, 15) is 0 Å². The summed E-state index contributed by atoms with van der Waals surface area (Å²) >= 11 is 0. The molecule has 0 spiro atoms. The molecule has 1 saturated carbocycles. The van der Waals surface area contributed by atoms with Crippen LogP contribution in [0.3, 0.4) is 0 Å². The maximum Gasteiger partial charge on any atom is 0.0220 e. The zero-order chi connectivity index (χ0) is 9.10. The molecule has 0 unspecified atom stereocenters. The predicted octanol–water partition coefficient (Wildman–Crippen LogP) is 1.47. The van der Waals surface area contributed by atoms with Crippen molar-refractivity contribution in [2.45, 2.75) is 38.1 Å². The second-order valence-electron chi connectivity index (χ2n) is 4.65. The van der Waals surface area contributed by atoms with Crippen molar-refractivity contribution in [1.29, 1.82) is 0 Å². The zero-order valence-electron chi connectivity index (χ0n) is 8.76. The van der Waals surface area contributed by atoms with Gasteiger partial charge in [-0.05, 0) is 45.2 Å². The summed E-state index contributed by atoms with van der Waals surface area (Å²) in [6.45, 7) is 3.92. The minimum atomic E-state index is 0.833. The summed E-state index contributed by atoms with van der Waals surface area (Å²) in [6, 6.07) is 0.833. The molecule has 76 valence electrons. The molecular weight excluding hydrogens is 160 g/mol. The van der Waals surface area contributed by atoms with Crippen LogP contribution >= 0.6 is 0 Å². The van der Waals surface area contributed by atoms with Crippen molar-refractivity contribution in [3.8, 4) is 0 Å². The molecule has 0 aromatic heterocycles. The van der Waals surface area contributed by atoms with Crippen LogP contribution in [0, 0.1) is 5.92 Å². The summed E-state index contributed by atoms with van der Waals surface area (Å²) in [4.78, 5) is 2.72. The van der Waals surface area contributed by atoms with Crippen molar-refractivity contribution in [1.82, 2.24) is 10.2 Å². The molecule has 1 saturated heterocycles. The van der Waals surface area contributed by atoms with Gasteiger partial charge in [0.1, 0.15) is 0 Å². The molecule has 0 radical (unpaired) electrons. The minimum Gasteiger partial charge on any atom is -0.318 e. The van der Waals surface area contributed by atoms with E-state index >= 15 is 0 Å². The molecule has 2 fully saturated rings. The van der Waals surface area contributed by atoms with Crippen LogP contribution in [0.2, 0.25) is 0 Å². The fourth-order valence-corrected chi connectivity index (χ4v) is 2.40. The highest BCUT2D eigenvalue weighted by molar-refractivity contribution is 4.84. The molecule has 1 N–H and O–H groups in total. The van der Waals surface area contributed by atoms with Gasteiger partial charge in [-0.1, -0.05) is 6.42 Å². The second-order valence-corrected chi connectivity index (χ2v) is 4.65. The van der Waals surface area contributed by atoms with Crippen molar-refractivity contribution in [3.63, 3.8) is 0 Å². The Labute approximate surface area is 81.7 Å². The SMILES string of the molecule is CNC[C@@H]1CCCCN1CC1CC1. The Morgan fingerprint density at radius 3 is 2.77 bits per heavy atom. The third-order valence-electron chi connectivity index (χ3n) is 3.38. The van der Waals surface area contributed by atoms with Gasteiger partial charge in [-0.15, -0.1) is 0 Å². The lowest BCUT2D eigenvalue weighted by molar-refractivity contribution is 0.141. The highest BCUT2D eigenvalue weighted by atomic mass is 15.2. The van der Waals surface area contributed by atoms with Gasteiger partial charge in [-0.2, -0.15) is 0 Å². The maximum atomic E-state index is 3.32. The van der Waals surface area contributed by atoms with Gasteiger partial charge in [0.2, 0.25) is 0 Å². The fraction of sp³-hybridized carbons (Fsp3) is 1.00. The van der Waals surface area contributed by atoms with Crippen molar-refractivity contribution < 1.29 is 0 Å². The Hall–Kier alpha value is -0.0800. The molecule has 1 atom stereocenters. The van der Waals surface area contributed by atoms with E-state index in [0.717, 1.165) is 12.0 Å². The maximum absolute atomic E-state index is 3.32. The first-order chi connectivity index (χ1) is 6.40. The number of hydrogen-bond donors (Lipinski definition) is 1. The molecular formula is C11H22N2. The number of rotatable bonds is 4. The average molecular weight is 182 g/mol. The Kier molecular flexibility index (Phi) is 3.23. The quantitative estimate of drug-likeness (QED) is 0.708. The molecule has 0 aromatic carbocycles. The lowest BCUT2D eigenvalue weighted by Gasteiger charge is -2.35. The topological polar surface area (TPSA) is 15.3 Å². The molecule has 2 aliphatic rings. The average Bonchev–Trinajstić information content (AvgIpc) is 2.93. The van der Waals surface area contributed by atoms with Gasteiger partial charge < -0.3 is 5.32 Å². The van der Waals surface area contributed by atoms with Crippen LogP contribution < -0.4 is 5.32 Å². The van der Waals surface area contributed by atoms with Crippen LogP contribution in [0.1, 0.15) is 32.1 Å². The third kappa shape index (κ3) is 2.68. The summed E-state index contributed by atoms with van der Waals surface area (Å²) in [5.74, 6) is 1.05. The number of piperidine rings is 1. The predicted molar refractivity (Wildman–Crippen MR) is 55.9 cm³/mol. The zero-order valence-corrected chi connectivity index (χ0v) is 8.76. The normalized spacial score (nSPS) is 30.7. The number of hydrogen-bond acceptors (Lipinski definition) is 2.